The molecule has 8 nitrogen and oxygen atoms in total. The highest BCUT2D eigenvalue weighted by Crippen LogP contribution is 2.47. The minimum Gasteiger partial charge on any atom is -0.457 e. The van der Waals surface area contributed by atoms with Gasteiger partial charge in [-0.15, -0.1) is 0 Å². The van der Waals surface area contributed by atoms with Gasteiger partial charge in [0, 0.05) is 25.7 Å². The molecule has 2 aromatic carbocycles. The summed E-state index contributed by atoms with van der Waals surface area (Å²) in [6.45, 7) is 26.1. The van der Waals surface area contributed by atoms with Gasteiger partial charge in [0.2, 0.25) is 0 Å². The van der Waals surface area contributed by atoms with Gasteiger partial charge in [-0.1, -0.05) is 212 Å². The summed E-state index contributed by atoms with van der Waals surface area (Å²) in [5.74, 6) is -1.50. The van der Waals surface area contributed by atoms with Crippen molar-refractivity contribution in [3.8, 4) is 0 Å². The topological polar surface area (TPSA) is 81.7 Å². The molecule has 2 aromatic rings. The van der Waals surface area contributed by atoms with E-state index in [9.17, 15) is 4.79 Å². The molecule has 2 aliphatic heterocycles. The lowest BCUT2D eigenvalue weighted by Gasteiger charge is -2.41. The second-order valence-corrected chi connectivity index (χ2v) is 34.3. The Labute approximate surface area is 450 Å². The second kappa shape index (κ2) is 30.9. The van der Waals surface area contributed by atoms with Gasteiger partial charge in [0.15, 0.2) is 16.6 Å². The molecular weight excluding hydrogens is 974 g/mol. The maximum absolute atomic E-state index is 15.2. The molecule has 0 radical (unpaired) electrons. The molecule has 13 heteroatoms. The molecule has 0 saturated carbocycles. The van der Waals surface area contributed by atoms with Crippen LogP contribution in [0.2, 0.25) is 36.3 Å². The van der Waals surface area contributed by atoms with E-state index in [0.29, 0.717) is 45.3 Å². The summed E-state index contributed by atoms with van der Waals surface area (Å²) in [5, 5.41) is -0.0532. The smallest absolute Gasteiger partial charge is 0.432 e. The van der Waals surface area contributed by atoms with Gasteiger partial charge in [0.05, 0.1) is 37.1 Å². The fourth-order valence-corrected chi connectivity index (χ4v) is 12.9. The molecule has 2 fully saturated rings. The first-order valence-electron chi connectivity index (χ1n) is 29.1. The number of ether oxygens (including phenoxy) is 5. The minimum atomic E-state index is -5.10. The molecule has 0 unspecified atom stereocenters. The van der Waals surface area contributed by atoms with Crippen LogP contribution < -0.4 is 0 Å². The number of unbranched alkanes of at least 4 members (excludes halogenated alkanes) is 16. The van der Waals surface area contributed by atoms with Crippen LogP contribution in [0.5, 0.6) is 0 Å². The molecule has 4 rings (SSSR count). The molecule has 0 bridgehead atoms. The number of halogens is 3. The van der Waals surface area contributed by atoms with E-state index in [1.165, 1.54) is 108 Å². The highest BCUT2D eigenvalue weighted by Gasteiger charge is 2.65. The summed E-state index contributed by atoms with van der Waals surface area (Å²) >= 11 is 0. The molecule has 0 amide bonds. The van der Waals surface area contributed by atoms with E-state index in [1.807, 2.05) is 30.3 Å². The van der Waals surface area contributed by atoms with Crippen molar-refractivity contribution in [2.45, 2.75) is 294 Å². The van der Waals surface area contributed by atoms with E-state index in [-0.39, 0.29) is 34.0 Å². The van der Waals surface area contributed by atoms with Crippen LogP contribution in [0.1, 0.15) is 207 Å². The first kappa shape index (κ1) is 64.4. The summed E-state index contributed by atoms with van der Waals surface area (Å²) in [7, 11) is -3.64. The van der Waals surface area contributed by atoms with Gasteiger partial charge < -0.3 is 32.5 Å². The number of hydrogen-bond acceptors (Lipinski definition) is 8. The van der Waals surface area contributed by atoms with Crippen LogP contribution in [0.25, 0.3) is 0 Å². The maximum Gasteiger partial charge on any atom is 0.432 e. The third-order valence-corrected chi connectivity index (χ3v) is 25.9. The van der Waals surface area contributed by atoms with E-state index in [0.717, 1.165) is 44.8 Å². The highest BCUT2D eigenvalue weighted by atomic mass is 28.4. The van der Waals surface area contributed by atoms with Crippen LogP contribution in [0.4, 0.5) is 13.2 Å². The summed E-state index contributed by atoms with van der Waals surface area (Å²) in [6.07, 6.45) is 16.5. The van der Waals surface area contributed by atoms with Gasteiger partial charge in [-0.2, -0.15) is 13.2 Å². The molecule has 2 heterocycles. The number of methoxy groups -OCH3 is 1. The predicted molar refractivity (Wildman–Crippen MR) is 300 cm³/mol. The predicted octanol–water partition coefficient (Wildman–Crippen LogP) is 17.5. The monoisotopic (exact) mass is 1080 g/mol. The zero-order valence-corrected chi connectivity index (χ0v) is 50.4. The molecule has 74 heavy (non-hydrogen) atoms. The van der Waals surface area contributed by atoms with E-state index in [1.54, 1.807) is 6.07 Å². The number of benzene rings is 2. The van der Waals surface area contributed by atoms with Crippen molar-refractivity contribution < 1.29 is 50.5 Å². The van der Waals surface area contributed by atoms with Crippen LogP contribution in [-0.2, 0) is 49.5 Å². The van der Waals surface area contributed by atoms with Crippen molar-refractivity contribution in [2.24, 2.45) is 0 Å². The van der Waals surface area contributed by atoms with Gasteiger partial charge in [-0.3, -0.25) is 0 Å². The molecule has 2 aliphatic rings. The zero-order valence-electron chi connectivity index (χ0n) is 48.4. The minimum absolute atomic E-state index is 0.00575. The van der Waals surface area contributed by atoms with Crippen LogP contribution in [0.15, 0.2) is 60.7 Å². The summed E-state index contributed by atoms with van der Waals surface area (Å²) in [6, 6.07) is 17.0. The quantitative estimate of drug-likeness (QED) is 0.0384. The second-order valence-electron chi connectivity index (χ2n) is 24.8. The Kier molecular flexibility index (Phi) is 26.9. The van der Waals surface area contributed by atoms with Crippen molar-refractivity contribution in [3.05, 3.63) is 71.8 Å². The van der Waals surface area contributed by atoms with Crippen LogP contribution in [0.3, 0.4) is 0 Å². The summed E-state index contributed by atoms with van der Waals surface area (Å²) in [5.41, 5.74) is -2.56. The molecule has 0 spiro atoms. The SMILES string of the molecule is CCCCCCCCCCCCCCCCC[C@H](O[Si](C)(C)C(C)(C)C)[C@@H]1C[C@@H](O[Si](C)(C)C(C)(C)C)[C@@H]([C@@H]2CC[C@@H]([C@H](CCCCCOCc3ccccc3)OC(=O)[C@](OC)(c3ccccc3)C(F)(F)F)O2)O1. The Balaban J connectivity index is 1.50. The van der Waals surface area contributed by atoms with E-state index < -0.39 is 58.8 Å². The van der Waals surface area contributed by atoms with Gasteiger partial charge in [0.25, 0.3) is 5.60 Å². The van der Waals surface area contributed by atoms with Gasteiger partial charge in [-0.25, -0.2) is 4.79 Å². The Morgan fingerprint density at radius 2 is 1.14 bits per heavy atom. The van der Waals surface area contributed by atoms with Crippen molar-refractivity contribution >= 4 is 22.6 Å². The number of esters is 1. The van der Waals surface area contributed by atoms with Crippen molar-refractivity contribution in [3.63, 3.8) is 0 Å². The largest absolute Gasteiger partial charge is 0.457 e. The van der Waals surface area contributed by atoms with Gasteiger partial charge >= 0.3 is 12.1 Å². The van der Waals surface area contributed by atoms with Gasteiger partial charge in [0.1, 0.15) is 12.2 Å². The van der Waals surface area contributed by atoms with Crippen LogP contribution in [-0.4, -0.2) is 85.2 Å². The number of carbonyl (C=O) groups excluding carboxylic acids is 1. The number of hydrogen-bond donors (Lipinski definition) is 0. The van der Waals surface area contributed by atoms with Crippen LogP contribution in [0, 0.1) is 0 Å². The average Bonchev–Trinajstić information content (AvgIpc) is 3.99. The van der Waals surface area contributed by atoms with Crippen molar-refractivity contribution in [1.82, 2.24) is 0 Å². The molecule has 8 atom stereocenters. The Morgan fingerprint density at radius 1 is 0.635 bits per heavy atom. The van der Waals surface area contributed by atoms with Crippen LogP contribution >= 0.6 is 0 Å². The molecular formula is C61H103F3O8Si2. The van der Waals surface area contributed by atoms with Crippen molar-refractivity contribution in [2.75, 3.05) is 13.7 Å². The van der Waals surface area contributed by atoms with E-state index in [2.05, 4.69) is 74.7 Å². The zero-order chi connectivity index (χ0) is 54.5. The maximum atomic E-state index is 15.2. The lowest BCUT2D eigenvalue weighted by Crippen LogP contribution is -2.53. The number of rotatable bonds is 35. The lowest BCUT2D eigenvalue weighted by molar-refractivity contribution is -0.280. The normalized spacial score (nSPS) is 21.7. The first-order chi connectivity index (χ1) is 35.0. The molecule has 424 valence electrons. The van der Waals surface area contributed by atoms with Crippen molar-refractivity contribution in [1.29, 1.82) is 0 Å². The summed E-state index contributed by atoms with van der Waals surface area (Å²) < 4.78 is 91.6. The third kappa shape index (κ3) is 19.7. The Morgan fingerprint density at radius 3 is 1.65 bits per heavy atom. The third-order valence-electron chi connectivity index (χ3n) is 16.9. The Bertz CT molecular complexity index is 1840. The van der Waals surface area contributed by atoms with Gasteiger partial charge in [-0.05, 0) is 80.4 Å². The molecule has 0 N–H and O–H groups in total. The average molecular weight is 1080 g/mol. The lowest BCUT2D eigenvalue weighted by atomic mass is 9.92. The number of alkyl halides is 3. The Hall–Kier alpha value is -2.11. The number of carbonyl (C=O) groups is 1. The highest BCUT2D eigenvalue weighted by molar-refractivity contribution is 6.74. The fraction of sp³-hybridized carbons (Fsp3) is 0.787. The summed E-state index contributed by atoms with van der Waals surface area (Å²) in [4.78, 5) is 14.2. The molecule has 0 aromatic heterocycles. The van der Waals surface area contributed by atoms with E-state index >= 15 is 13.2 Å². The standard InChI is InChI=1S/C61H103F3O8Si2/c1-13-14-15-16-17-18-19-20-21-22-23-24-25-26-34-42-52(71-73(9,10)58(2,3)4)54-46-55(72-74(11,12)59(5,6)7)56(69-54)53-44-43-51(68-53)50(41-35-29-36-45-67-47-48-37-30-27-31-38-48)70-57(65)60(66-8,61(62,63)64)49-39-32-28-33-40-49/h27-28,30-33,37-40,50-56H,13-26,29,34-36,41-47H2,1-12H3/t50-,51-,52-,53-,54-,55+,56+,60+/m0/s1. The molecule has 2 saturated heterocycles. The first-order valence-corrected chi connectivity index (χ1v) is 35.0. The molecule has 0 aliphatic carbocycles. The van der Waals surface area contributed by atoms with E-state index in [4.69, 9.17) is 32.5 Å². The fourth-order valence-electron chi connectivity index (χ4n) is 10.2.